The summed E-state index contributed by atoms with van der Waals surface area (Å²) in [6, 6.07) is 8.31. The Bertz CT molecular complexity index is 958. The van der Waals surface area contributed by atoms with Crippen molar-refractivity contribution in [3.63, 3.8) is 0 Å². The number of ketones is 1. The summed E-state index contributed by atoms with van der Waals surface area (Å²) in [5, 5.41) is 13.9. The van der Waals surface area contributed by atoms with Gasteiger partial charge in [0.15, 0.2) is 5.78 Å². The van der Waals surface area contributed by atoms with Crippen molar-refractivity contribution in [3.8, 4) is 5.75 Å². The molecule has 33 heavy (non-hydrogen) atoms. The number of carboxylic acid groups (broad SMARTS) is 1. The van der Waals surface area contributed by atoms with Gasteiger partial charge in [0.25, 0.3) is 11.5 Å². The lowest BCUT2D eigenvalue weighted by molar-refractivity contribution is -0.134. The number of aromatic nitrogens is 2. The molecule has 0 radical (unpaired) electrons. The van der Waals surface area contributed by atoms with Gasteiger partial charge in [0.05, 0.1) is 37.4 Å². The van der Waals surface area contributed by atoms with E-state index in [0.29, 0.717) is 0 Å². The van der Waals surface area contributed by atoms with Gasteiger partial charge in [-0.25, -0.2) is 9.07 Å². The Kier molecular flexibility index (Phi) is 13.6. The number of carbonyl (C=O) groups excluding carboxylic acids is 2. The highest BCUT2D eigenvalue weighted by Crippen LogP contribution is 2.22. The van der Waals surface area contributed by atoms with Crippen LogP contribution in [0.3, 0.4) is 0 Å². The van der Waals surface area contributed by atoms with E-state index in [0.717, 1.165) is 12.5 Å². The zero-order valence-corrected chi connectivity index (χ0v) is 19.8. The van der Waals surface area contributed by atoms with Gasteiger partial charge in [-0.05, 0) is 19.4 Å². The number of hydrogen-bond donors (Lipinski definition) is 2. The van der Waals surface area contributed by atoms with Crippen LogP contribution in [-0.4, -0.2) is 52.4 Å². The number of carboxylic acids is 1. The summed E-state index contributed by atoms with van der Waals surface area (Å²) in [6.45, 7) is 7.07. The number of Topliss-reactive ketones (excluding diaryl/α,β-unsaturated/α-hetero) is 1. The van der Waals surface area contributed by atoms with Crippen LogP contribution in [0, 0.1) is 0 Å². The van der Waals surface area contributed by atoms with Crippen LogP contribution in [0.4, 0.5) is 4.39 Å². The van der Waals surface area contributed by atoms with E-state index in [1.807, 2.05) is 44.2 Å². The Morgan fingerprint density at radius 2 is 1.73 bits per heavy atom. The Morgan fingerprint density at radius 3 is 2.21 bits per heavy atom. The Morgan fingerprint density at radius 1 is 1.18 bits per heavy atom. The van der Waals surface area contributed by atoms with Gasteiger partial charge in [0.1, 0.15) is 12.4 Å². The number of methoxy groups -OCH3 is 1. The summed E-state index contributed by atoms with van der Waals surface area (Å²) in [5.41, 5.74) is 0.536. The minimum atomic E-state index is -1.17. The molecule has 2 unspecified atom stereocenters. The number of ether oxygens (including phenoxy) is 1. The molecule has 1 aromatic heterocycles. The zero-order valence-electron chi connectivity index (χ0n) is 19.8. The second kappa shape index (κ2) is 15.3. The molecule has 0 bridgehead atoms. The molecule has 0 aliphatic carbocycles. The number of hydrogen-bond acceptors (Lipinski definition) is 6. The van der Waals surface area contributed by atoms with Crippen LogP contribution in [-0.2, 0) is 20.9 Å². The SMILES string of the molecule is CC.CC(=O)O.COc1cnn(Cc2ccccc2)c(=O)c1C(C)C(=O)NC(C)C(=O)CF. The first kappa shape index (κ1) is 29.4. The average Bonchev–Trinajstić information content (AvgIpc) is 2.80. The standard InChI is InChI=1S/C19H22FN3O4.C2H4O2.C2H6/c1-12(18(25)22-13(2)15(24)9-20)17-16(27-3)10-21-23(19(17)26)11-14-7-5-4-6-8-14;1-2(3)4;1-2/h4-8,10,12-13H,9,11H2,1-3H3,(H,22,25);1H3,(H,3,4);1-2H3. The summed E-state index contributed by atoms with van der Waals surface area (Å²) < 4.78 is 18.9. The minimum absolute atomic E-state index is 0.126. The van der Waals surface area contributed by atoms with Crippen LogP contribution in [0.25, 0.3) is 0 Å². The highest BCUT2D eigenvalue weighted by Gasteiger charge is 2.26. The third kappa shape index (κ3) is 9.63. The summed E-state index contributed by atoms with van der Waals surface area (Å²) in [5.74, 6) is -2.88. The lowest BCUT2D eigenvalue weighted by Gasteiger charge is -2.18. The quantitative estimate of drug-likeness (QED) is 0.613. The lowest BCUT2D eigenvalue weighted by Crippen LogP contribution is -2.42. The van der Waals surface area contributed by atoms with Crippen molar-refractivity contribution in [3.05, 3.63) is 58.0 Å². The summed E-state index contributed by atoms with van der Waals surface area (Å²) in [7, 11) is 1.38. The van der Waals surface area contributed by atoms with Crippen molar-refractivity contribution in [2.45, 2.75) is 53.1 Å². The molecular weight excluding hydrogens is 433 g/mol. The highest BCUT2D eigenvalue weighted by atomic mass is 19.1. The molecule has 0 saturated heterocycles. The fourth-order valence-electron chi connectivity index (χ4n) is 2.58. The number of aliphatic carboxylic acids is 1. The molecule has 182 valence electrons. The molecule has 0 fully saturated rings. The van der Waals surface area contributed by atoms with E-state index in [9.17, 15) is 18.8 Å². The third-order valence-electron chi connectivity index (χ3n) is 4.24. The highest BCUT2D eigenvalue weighted by molar-refractivity contribution is 5.91. The van der Waals surface area contributed by atoms with Gasteiger partial charge in [0, 0.05) is 6.92 Å². The van der Waals surface area contributed by atoms with Crippen LogP contribution >= 0.6 is 0 Å². The summed E-state index contributed by atoms with van der Waals surface area (Å²) in [4.78, 5) is 45.7. The maximum absolute atomic E-state index is 12.9. The number of nitrogens with zero attached hydrogens (tertiary/aromatic N) is 2. The van der Waals surface area contributed by atoms with Crippen molar-refractivity contribution in [1.29, 1.82) is 0 Å². The molecule has 0 spiro atoms. The van der Waals surface area contributed by atoms with Crippen molar-refractivity contribution in [2.75, 3.05) is 13.8 Å². The fraction of sp³-hybridized carbons (Fsp3) is 0.435. The van der Waals surface area contributed by atoms with E-state index in [2.05, 4.69) is 10.4 Å². The smallest absolute Gasteiger partial charge is 0.300 e. The molecule has 0 saturated carbocycles. The maximum atomic E-state index is 12.9. The number of halogens is 1. The molecule has 0 aliphatic heterocycles. The summed E-state index contributed by atoms with van der Waals surface area (Å²) >= 11 is 0. The molecule has 2 N–H and O–H groups in total. The van der Waals surface area contributed by atoms with Crippen LogP contribution in [0.15, 0.2) is 41.3 Å². The van der Waals surface area contributed by atoms with Crippen molar-refractivity contribution in [2.24, 2.45) is 0 Å². The molecular formula is C23H32FN3O6. The van der Waals surface area contributed by atoms with Gasteiger partial charge in [0.2, 0.25) is 5.91 Å². The number of nitrogens with one attached hydrogen (secondary N) is 1. The topological polar surface area (TPSA) is 128 Å². The van der Waals surface area contributed by atoms with Gasteiger partial charge < -0.3 is 15.2 Å². The third-order valence-corrected chi connectivity index (χ3v) is 4.24. The van der Waals surface area contributed by atoms with Crippen molar-refractivity contribution in [1.82, 2.24) is 15.1 Å². The van der Waals surface area contributed by atoms with E-state index in [1.165, 1.54) is 31.8 Å². The molecule has 1 heterocycles. The first-order valence-electron chi connectivity index (χ1n) is 10.4. The molecule has 0 aliphatic rings. The molecule has 2 aromatic rings. The monoisotopic (exact) mass is 465 g/mol. The van der Waals surface area contributed by atoms with Gasteiger partial charge in [-0.2, -0.15) is 5.10 Å². The molecule has 2 atom stereocenters. The van der Waals surface area contributed by atoms with Gasteiger partial charge in [-0.15, -0.1) is 0 Å². The van der Waals surface area contributed by atoms with E-state index in [1.54, 1.807) is 0 Å². The lowest BCUT2D eigenvalue weighted by atomic mass is 10.0. The number of rotatable bonds is 8. The van der Waals surface area contributed by atoms with E-state index < -0.39 is 41.9 Å². The normalized spacial score (nSPS) is 11.5. The van der Waals surface area contributed by atoms with E-state index >= 15 is 0 Å². The first-order chi connectivity index (χ1) is 15.6. The van der Waals surface area contributed by atoms with Crippen LogP contribution < -0.4 is 15.6 Å². The fourth-order valence-corrected chi connectivity index (χ4v) is 2.58. The van der Waals surface area contributed by atoms with Crippen LogP contribution in [0.1, 0.15) is 51.7 Å². The zero-order chi connectivity index (χ0) is 25.6. The second-order valence-corrected chi connectivity index (χ2v) is 6.65. The van der Waals surface area contributed by atoms with E-state index in [4.69, 9.17) is 14.6 Å². The van der Waals surface area contributed by atoms with Crippen molar-refractivity contribution < 1.29 is 28.6 Å². The van der Waals surface area contributed by atoms with Gasteiger partial charge >= 0.3 is 0 Å². The van der Waals surface area contributed by atoms with Gasteiger partial charge in [-0.3, -0.25) is 19.2 Å². The summed E-state index contributed by atoms with van der Waals surface area (Å²) in [6.07, 6.45) is 1.37. The maximum Gasteiger partial charge on any atom is 0.300 e. The molecule has 9 nitrogen and oxygen atoms in total. The molecule has 10 heteroatoms. The van der Waals surface area contributed by atoms with Crippen LogP contribution in [0.2, 0.25) is 0 Å². The minimum Gasteiger partial charge on any atom is -0.495 e. The number of alkyl halides is 1. The van der Waals surface area contributed by atoms with Crippen LogP contribution in [0.5, 0.6) is 5.75 Å². The average molecular weight is 466 g/mol. The first-order valence-corrected chi connectivity index (χ1v) is 10.4. The Hall–Kier alpha value is -3.56. The Balaban J connectivity index is 0.00000154. The molecule has 1 amide bonds. The molecule has 1 aromatic carbocycles. The molecule has 2 rings (SSSR count). The van der Waals surface area contributed by atoms with Crippen molar-refractivity contribution >= 4 is 17.7 Å². The predicted molar refractivity (Wildman–Crippen MR) is 122 cm³/mol. The Labute approximate surface area is 192 Å². The number of carbonyl (C=O) groups is 3. The second-order valence-electron chi connectivity index (χ2n) is 6.65. The predicted octanol–water partition coefficient (Wildman–Crippen LogP) is 2.56. The van der Waals surface area contributed by atoms with Gasteiger partial charge in [-0.1, -0.05) is 44.2 Å². The van der Waals surface area contributed by atoms with E-state index in [-0.39, 0.29) is 17.9 Å². The largest absolute Gasteiger partial charge is 0.495 e. The number of benzene rings is 1. The number of amides is 1.